The van der Waals surface area contributed by atoms with E-state index < -0.39 is 0 Å². The average molecular weight is 327 g/mol. The van der Waals surface area contributed by atoms with Gasteiger partial charge in [-0.25, -0.2) is 0 Å². The molecule has 4 N–H and O–H groups in total. The Morgan fingerprint density at radius 3 is 2.35 bits per heavy atom. The highest BCUT2D eigenvalue weighted by atomic mass is 32.1. The SMILES string of the molecule is C=C(N)Cc1sc(-c2ccc(CCCCC)cc2)cc1C(=C)N. The molecule has 0 saturated carbocycles. The molecule has 3 heteroatoms. The van der Waals surface area contributed by atoms with Gasteiger partial charge in [0.05, 0.1) is 0 Å². The smallest absolute Gasteiger partial charge is 0.0352 e. The summed E-state index contributed by atoms with van der Waals surface area (Å²) in [6.45, 7) is 9.90. The first-order valence-electron chi connectivity index (χ1n) is 8.11. The van der Waals surface area contributed by atoms with Crippen LogP contribution in [0.15, 0.2) is 49.2 Å². The van der Waals surface area contributed by atoms with Crippen LogP contribution in [0.4, 0.5) is 0 Å². The Balaban J connectivity index is 2.20. The number of aryl methyl sites for hydroxylation is 1. The maximum absolute atomic E-state index is 5.92. The zero-order valence-electron chi connectivity index (χ0n) is 13.9. The molecule has 0 unspecified atom stereocenters. The summed E-state index contributed by atoms with van der Waals surface area (Å²) in [5.41, 5.74) is 16.5. The van der Waals surface area contributed by atoms with E-state index in [1.165, 1.54) is 35.3 Å². The van der Waals surface area contributed by atoms with Gasteiger partial charge in [0.25, 0.3) is 0 Å². The van der Waals surface area contributed by atoms with Gasteiger partial charge in [-0.3, -0.25) is 0 Å². The number of benzene rings is 1. The Bertz CT molecular complexity index is 680. The van der Waals surface area contributed by atoms with Crippen molar-refractivity contribution in [3.8, 4) is 10.4 Å². The lowest BCUT2D eigenvalue weighted by molar-refractivity contribution is 0.717. The van der Waals surface area contributed by atoms with Gasteiger partial charge in [-0.1, -0.05) is 57.2 Å². The van der Waals surface area contributed by atoms with Crippen LogP contribution in [0, 0.1) is 0 Å². The fourth-order valence-electron chi connectivity index (χ4n) is 2.60. The molecule has 2 nitrogen and oxygen atoms in total. The molecule has 0 aliphatic heterocycles. The maximum atomic E-state index is 5.92. The standard InChI is InChI=1S/C20H26N2S/c1-4-5-6-7-16-8-10-17(11-9-16)19-13-18(15(3)22)20(23-19)12-14(2)21/h8-11,13H,2-7,12,21-22H2,1H3. The van der Waals surface area contributed by atoms with Crippen molar-refractivity contribution < 1.29 is 0 Å². The highest BCUT2D eigenvalue weighted by Crippen LogP contribution is 2.34. The molecule has 0 radical (unpaired) electrons. The van der Waals surface area contributed by atoms with E-state index in [9.17, 15) is 0 Å². The first kappa shape index (κ1) is 17.4. The van der Waals surface area contributed by atoms with Gasteiger partial charge in [-0.2, -0.15) is 0 Å². The van der Waals surface area contributed by atoms with Crippen LogP contribution in [0.5, 0.6) is 0 Å². The molecule has 0 fully saturated rings. The first-order valence-corrected chi connectivity index (χ1v) is 8.93. The number of unbranched alkanes of at least 4 members (excludes halogenated alkanes) is 2. The van der Waals surface area contributed by atoms with Gasteiger partial charge in [0.15, 0.2) is 0 Å². The van der Waals surface area contributed by atoms with Crippen molar-refractivity contribution in [1.29, 1.82) is 0 Å². The summed E-state index contributed by atoms with van der Waals surface area (Å²) in [4.78, 5) is 2.33. The molecule has 122 valence electrons. The second-order valence-electron chi connectivity index (χ2n) is 5.96. The van der Waals surface area contributed by atoms with Gasteiger partial charge < -0.3 is 11.5 Å². The Morgan fingerprint density at radius 2 is 1.78 bits per heavy atom. The number of thiophene rings is 1. The summed E-state index contributed by atoms with van der Waals surface area (Å²) in [6, 6.07) is 10.9. The van der Waals surface area contributed by atoms with Crippen molar-refractivity contribution in [1.82, 2.24) is 0 Å². The van der Waals surface area contributed by atoms with Gasteiger partial charge in [0.1, 0.15) is 0 Å². The third kappa shape index (κ3) is 4.73. The van der Waals surface area contributed by atoms with Crippen molar-refractivity contribution in [3.63, 3.8) is 0 Å². The number of hydrogen-bond acceptors (Lipinski definition) is 3. The van der Waals surface area contributed by atoms with Crippen LogP contribution in [0.1, 0.15) is 42.2 Å². The quantitative estimate of drug-likeness (QED) is 0.664. The van der Waals surface area contributed by atoms with Gasteiger partial charge in [0, 0.05) is 33.1 Å². The van der Waals surface area contributed by atoms with E-state index in [-0.39, 0.29) is 0 Å². The molecular formula is C20H26N2S. The molecule has 0 bridgehead atoms. The fraction of sp³-hybridized carbons (Fsp3) is 0.300. The van der Waals surface area contributed by atoms with E-state index in [0.717, 1.165) is 16.9 Å². The van der Waals surface area contributed by atoms with Gasteiger partial charge in [-0.15, -0.1) is 11.3 Å². The summed E-state index contributed by atoms with van der Waals surface area (Å²) >= 11 is 1.71. The van der Waals surface area contributed by atoms with Crippen LogP contribution in [0.2, 0.25) is 0 Å². The minimum Gasteiger partial charge on any atom is -0.402 e. The molecule has 0 saturated heterocycles. The Morgan fingerprint density at radius 1 is 1.09 bits per heavy atom. The van der Waals surface area contributed by atoms with E-state index in [4.69, 9.17) is 11.5 Å². The van der Waals surface area contributed by atoms with E-state index in [0.29, 0.717) is 17.8 Å². The summed E-state index contributed by atoms with van der Waals surface area (Å²) in [7, 11) is 0. The van der Waals surface area contributed by atoms with Crippen LogP contribution in [0.3, 0.4) is 0 Å². The molecule has 23 heavy (non-hydrogen) atoms. The molecule has 0 atom stereocenters. The third-order valence-electron chi connectivity index (χ3n) is 3.85. The lowest BCUT2D eigenvalue weighted by Gasteiger charge is -2.02. The lowest BCUT2D eigenvalue weighted by atomic mass is 10.0. The largest absolute Gasteiger partial charge is 0.402 e. The predicted octanol–water partition coefficient (Wildman–Crippen LogP) is 5.09. The van der Waals surface area contributed by atoms with Crippen molar-refractivity contribution in [3.05, 3.63) is 65.2 Å². The normalized spacial score (nSPS) is 10.7. The van der Waals surface area contributed by atoms with Crippen molar-refractivity contribution in [2.45, 2.75) is 39.0 Å². The number of allylic oxidation sites excluding steroid dienone is 1. The predicted molar refractivity (Wildman–Crippen MR) is 103 cm³/mol. The van der Waals surface area contributed by atoms with Gasteiger partial charge >= 0.3 is 0 Å². The Hall–Kier alpha value is -2.00. The van der Waals surface area contributed by atoms with Crippen LogP contribution >= 0.6 is 11.3 Å². The fourth-order valence-corrected chi connectivity index (χ4v) is 3.85. The van der Waals surface area contributed by atoms with Crippen LogP contribution in [-0.4, -0.2) is 0 Å². The Labute approximate surface area is 143 Å². The highest BCUT2D eigenvalue weighted by Gasteiger charge is 2.12. The lowest BCUT2D eigenvalue weighted by Crippen LogP contribution is -2.01. The first-order chi connectivity index (χ1) is 11.0. The molecule has 0 aliphatic rings. The molecule has 0 aliphatic carbocycles. The summed E-state index contributed by atoms with van der Waals surface area (Å²) in [6.07, 6.45) is 5.61. The van der Waals surface area contributed by atoms with Gasteiger partial charge in [0.2, 0.25) is 0 Å². The third-order valence-corrected chi connectivity index (χ3v) is 5.03. The molecule has 0 spiro atoms. The molecule has 1 aromatic carbocycles. The zero-order chi connectivity index (χ0) is 16.8. The van der Waals surface area contributed by atoms with Crippen LogP contribution < -0.4 is 11.5 Å². The van der Waals surface area contributed by atoms with Crippen LogP contribution in [-0.2, 0) is 12.8 Å². The number of nitrogens with two attached hydrogens (primary N) is 2. The average Bonchev–Trinajstić information content (AvgIpc) is 2.91. The van der Waals surface area contributed by atoms with E-state index >= 15 is 0 Å². The summed E-state index contributed by atoms with van der Waals surface area (Å²) < 4.78 is 0. The summed E-state index contributed by atoms with van der Waals surface area (Å²) in [5, 5.41) is 0. The monoisotopic (exact) mass is 326 g/mol. The zero-order valence-corrected chi connectivity index (χ0v) is 14.7. The van der Waals surface area contributed by atoms with Gasteiger partial charge in [-0.05, 0) is 30.0 Å². The second kappa shape index (κ2) is 8.02. The van der Waals surface area contributed by atoms with E-state index in [1.807, 2.05) is 0 Å². The molecular weight excluding hydrogens is 300 g/mol. The maximum Gasteiger partial charge on any atom is 0.0352 e. The van der Waals surface area contributed by atoms with Crippen molar-refractivity contribution in [2.24, 2.45) is 11.5 Å². The minimum absolute atomic E-state index is 0.583. The van der Waals surface area contributed by atoms with E-state index in [1.54, 1.807) is 11.3 Å². The number of hydrogen-bond donors (Lipinski definition) is 2. The topological polar surface area (TPSA) is 52.0 Å². The second-order valence-corrected chi connectivity index (χ2v) is 7.10. The highest BCUT2D eigenvalue weighted by molar-refractivity contribution is 7.15. The molecule has 0 amide bonds. The van der Waals surface area contributed by atoms with Crippen molar-refractivity contribution in [2.75, 3.05) is 0 Å². The van der Waals surface area contributed by atoms with Crippen molar-refractivity contribution >= 4 is 17.0 Å². The molecule has 2 aromatic rings. The summed E-state index contributed by atoms with van der Waals surface area (Å²) in [5.74, 6) is 0. The van der Waals surface area contributed by atoms with E-state index in [2.05, 4.69) is 50.4 Å². The Kier molecular flexibility index (Phi) is 6.05. The van der Waals surface area contributed by atoms with Crippen LogP contribution in [0.25, 0.3) is 16.1 Å². The minimum atomic E-state index is 0.583. The molecule has 2 rings (SSSR count). The number of rotatable bonds is 8. The molecule has 1 aromatic heterocycles. The molecule has 1 heterocycles.